The van der Waals surface area contributed by atoms with Gasteiger partial charge in [0.15, 0.2) is 5.65 Å². The average Bonchev–Trinajstić information content (AvgIpc) is 3.23. The van der Waals surface area contributed by atoms with Crippen LogP contribution in [0.15, 0.2) is 60.9 Å². The van der Waals surface area contributed by atoms with Crippen molar-refractivity contribution in [2.24, 2.45) is 0 Å². The summed E-state index contributed by atoms with van der Waals surface area (Å²) >= 11 is 0. The van der Waals surface area contributed by atoms with Gasteiger partial charge in [0, 0.05) is 23.0 Å². The predicted octanol–water partition coefficient (Wildman–Crippen LogP) is 4.37. The number of benzene rings is 2. The molecule has 2 N–H and O–H groups in total. The van der Waals surface area contributed by atoms with Crippen molar-refractivity contribution in [2.75, 3.05) is 12.4 Å². The van der Waals surface area contributed by atoms with E-state index in [4.69, 9.17) is 4.74 Å². The number of carbonyl (C=O) groups is 2. The Bertz CT molecular complexity index is 1380. The molecule has 0 saturated carbocycles. The molecule has 33 heavy (non-hydrogen) atoms. The Kier molecular flexibility index (Phi) is 5.46. The second-order valence-corrected chi connectivity index (χ2v) is 6.88. The summed E-state index contributed by atoms with van der Waals surface area (Å²) in [7, 11) is 1.43. The quantitative estimate of drug-likeness (QED) is 0.462. The number of aromatic nitrogens is 3. The lowest BCUT2D eigenvalue weighted by atomic mass is 10.1. The summed E-state index contributed by atoms with van der Waals surface area (Å²) in [5, 5.41) is 16.0. The summed E-state index contributed by atoms with van der Waals surface area (Å²) in [6.45, 7) is 0. The first-order valence-electron chi connectivity index (χ1n) is 9.42. The van der Waals surface area contributed by atoms with Gasteiger partial charge >= 0.3 is 12.1 Å². The summed E-state index contributed by atoms with van der Waals surface area (Å²) in [6.07, 6.45) is -2.00. The molecule has 8 nitrogen and oxygen atoms in total. The van der Waals surface area contributed by atoms with Crippen LogP contribution in [-0.4, -0.2) is 38.7 Å². The lowest BCUT2D eigenvalue weighted by Gasteiger charge is -2.13. The van der Waals surface area contributed by atoms with Gasteiger partial charge in [-0.25, -0.2) is 14.3 Å². The molecule has 4 rings (SSSR count). The van der Waals surface area contributed by atoms with Crippen molar-refractivity contribution in [3.8, 4) is 17.0 Å². The molecule has 0 aliphatic heterocycles. The third kappa shape index (κ3) is 4.20. The molecule has 0 spiro atoms. The zero-order valence-electron chi connectivity index (χ0n) is 16.9. The van der Waals surface area contributed by atoms with Gasteiger partial charge in [-0.3, -0.25) is 4.79 Å². The van der Waals surface area contributed by atoms with Crippen molar-refractivity contribution >= 4 is 23.2 Å². The fourth-order valence-corrected chi connectivity index (χ4v) is 3.27. The Labute approximate surface area is 184 Å². The molecule has 0 atom stereocenters. The maximum atomic E-state index is 13.0. The van der Waals surface area contributed by atoms with Crippen LogP contribution in [0, 0.1) is 0 Å². The van der Waals surface area contributed by atoms with Crippen LogP contribution in [0.25, 0.3) is 16.9 Å². The molecule has 0 aliphatic rings. The van der Waals surface area contributed by atoms with Crippen LogP contribution in [-0.2, 0) is 6.18 Å². The minimum Gasteiger partial charge on any atom is -0.496 e. The summed E-state index contributed by atoms with van der Waals surface area (Å²) < 4.78 is 45.6. The van der Waals surface area contributed by atoms with E-state index in [1.54, 1.807) is 18.2 Å². The van der Waals surface area contributed by atoms with E-state index in [0.29, 0.717) is 17.0 Å². The second-order valence-electron chi connectivity index (χ2n) is 6.88. The van der Waals surface area contributed by atoms with Crippen LogP contribution in [0.2, 0.25) is 0 Å². The highest BCUT2D eigenvalue weighted by molar-refractivity contribution is 6.04. The number of rotatable bonds is 5. The van der Waals surface area contributed by atoms with E-state index in [0.717, 1.165) is 18.2 Å². The summed E-state index contributed by atoms with van der Waals surface area (Å²) in [5.41, 5.74) is 0.0877. The van der Waals surface area contributed by atoms with E-state index in [1.165, 1.54) is 36.2 Å². The van der Waals surface area contributed by atoms with Crippen LogP contribution >= 0.6 is 0 Å². The SMILES string of the molecule is COc1ccc(NC(=O)c2cccc(C(F)(F)F)c2)cc1-c1ccnc2c(C(=O)O)cnn12. The van der Waals surface area contributed by atoms with Crippen molar-refractivity contribution in [3.63, 3.8) is 0 Å². The van der Waals surface area contributed by atoms with Gasteiger partial charge < -0.3 is 15.2 Å². The first kappa shape index (κ1) is 21.8. The number of methoxy groups -OCH3 is 1. The zero-order chi connectivity index (χ0) is 23.8. The maximum Gasteiger partial charge on any atom is 0.416 e. The predicted molar refractivity (Wildman–Crippen MR) is 111 cm³/mol. The van der Waals surface area contributed by atoms with Gasteiger partial charge in [-0.15, -0.1) is 0 Å². The Morgan fingerprint density at radius 3 is 2.61 bits per heavy atom. The topological polar surface area (TPSA) is 106 Å². The molecule has 2 aromatic heterocycles. The van der Waals surface area contributed by atoms with Gasteiger partial charge in [-0.05, 0) is 42.5 Å². The fourth-order valence-electron chi connectivity index (χ4n) is 3.27. The zero-order valence-corrected chi connectivity index (χ0v) is 16.9. The van der Waals surface area contributed by atoms with E-state index >= 15 is 0 Å². The van der Waals surface area contributed by atoms with Gasteiger partial charge in [0.25, 0.3) is 5.91 Å². The average molecular weight is 456 g/mol. The van der Waals surface area contributed by atoms with Gasteiger partial charge in [-0.2, -0.15) is 18.3 Å². The molecule has 168 valence electrons. The Morgan fingerprint density at radius 1 is 1.12 bits per heavy atom. The van der Waals surface area contributed by atoms with Crippen LogP contribution in [0.4, 0.5) is 18.9 Å². The number of carboxylic acid groups (broad SMARTS) is 1. The molecule has 4 aromatic rings. The Balaban J connectivity index is 1.72. The Hall–Kier alpha value is -4.41. The van der Waals surface area contributed by atoms with Gasteiger partial charge in [-0.1, -0.05) is 6.07 Å². The molecule has 0 bridgehead atoms. The number of nitrogens with one attached hydrogen (secondary N) is 1. The monoisotopic (exact) mass is 456 g/mol. The number of aromatic carboxylic acids is 1. The standard InChI is InChI=1S/C22H15F3N4O4/c1-33-18-6-5-14(28-20(30)12-3-2-4-13(9-12)22(23,24)25)10-15(18)17-7-8-26-19-16(21(31)32)11-27-29(17)19/h2-11H,1H3,(H,28,30)(H,31,32). The van der Waals surface area contributed by atoms with Crippen molar-refractivity contribution in [1.82, 2.24) is 14.6 Å². The molecule has 1 amide bonds. The van der Waals surface area contributed by atoms with Gasteiger partial charge in [0.2, 0.25) is 0 Å². The summed E-state index contributed by atoms with van der Waals surface area (Å²) in [5.74, 6) is -1.53. The number of ether oxygens (including phenoxy) is 1. The highest BCUT2D eigenvalue weighted by atomic mass is 19.4. The van der Waals surface area contributed by atoms with Crippen molar-refractivity contribution in [2.45, 2.75) is 6.18 Å². The van der Waals surface area contributed by atoms with Crippen LogP contribution in [0.5, 0.6) is 5.75 Å². The molecular formula is C22H15F3N4O4. The van der Waals surface area contributed by atoms with Gasteiger partial charge in [0.1, 0.15) is 11.3 Å². The number of nitrogens with zero attached hydrogens (tertiary/aromatic N) is 3. The number of hydrogen-bond donors (Lipinski definition) is 2. The number of hydrogen-bond acceptors (Lipinski definition) is 5. The highest BCUT2D eigenvalue weighted by Crippen LogP contribution is 2.33. The number of halogens is 3. The van der Waals surface area contributed by atoms with E-state index in [1.807, 2.05) is 0 Å². The summed E-state index contributed by atoms with van der Waals surface area (Å²) in [6, 6.07) is 10.3. The van der Waals surface area contributed by atoms with Crippen molar-refractivity contribution in [1.29, 1.82) is 0 Å². The lowest BCUT2D eigenvalue weighted by Crippen LogP contribution is -2.14. The lowest BCUT2D eigenvalue weighted by molar-refractivity contribution is -0.137. The smallest absolute Gasteiger partial charge is 0.416 e. The van der Waals surface area contributed by atoms with E-state index < -0.39 is 23.6 Å². The van der Waals surface area contributed by atoms with Crippen LogP contribution in [0.1, 0.15) is 26.3 Å². The third-order valence-corrected chi connectivity index (χ3v) is 4.82. The largest absolute Gasteiger partial charge is 0.496 e. The molecule has 2 aromatic carbocycles. The van der Waals surface area contributed by atoms with Crippen molar-refractivity contribution in [3.05, 3.63) is 77.6 Å². The molecule has 0 saturated heterocycles. The minimum atomic E-state index is -4.57. The van der Waals surface area contributed by atoms with E-state index in [-0.39, 0.29) is 22.5 Å². The molecular weight excluding hydrogens is 441 g/mol. The summed E-state index contributed by atoms with van der Waals surface area (Å²) in [4.78, 5) is 28.1. The number of carboxylic acids is 1. The number of fused-ring (bicyclic) bond motifs is 1. The maximum absolute atomic E-state index is 13.0. The first-order valence-corrected chi connectivity index (χ1v) is 9.42. The minimum absolute atomic E-state index is 0.0928. The third-order valence-electron chi connectivity index (χ3n) is 4.82. The molecule has 0 fully saturated rings. The molecule has 0 unspecified atom stereocenters. The Morgan fingerprint density at radius 2 is 1.91 bits per heavy atom. The number of amides is 1. The number of alkyl halides is 3. The first-order chi connectivity index (χ1) is 15.7. The van der Waals surface area contributed by atoms with Crippen molar-refractivity contribution < 1.29 is 32.6 Å². The van der Waals surface area contributed by atoms with Gasteiger partial charge in [0.05, 0.1) is 24.6 Å². The molecule has 0 radical (unpaired) electrons. The highest BCUT2D eigenvalue weighted by Gasteiger charge is 2.31. The van der Waals surface area contributed by atoms with E-state index in [2.05, 4.69) is 15.4 Å². The molecule has 11 heteroatoms. The van der Waals surface area contributed by atoms with Crippen LogP contribution < -0.4 is 10.1 Å². The number of anilines is 1. The fraction of sp³-hybridized carbons (Fsp3) is 0.0909. The molecule has 0 aliphatic carbocycles. The van der Waals surface area contributed by atoms with E-state index in [9.17, 15) is 27.9 Å². The number of carbonyl (C=O) groups excluding carboxylic acids is 1. The van der Waals surface area contributed by atoms with Crippen LogP contribution in [0.3, 0.4) is 0 Å². The second kappa shape index (κ2) is 8.26. The normalized spacial score (nSPS) is 11.4. The molecule has 2 heterocycles.